The Kier molecular flexibility index (Phi) is 8.49. The van der Waals surface area contributed by atoms with Gasteiger partial charge in [0.15, 0.2) is 5.11 Å². The Balaban J connectivity index is 3.08. The van der Waals surface area contributed by atoms with Crippen LogP contribution in [-0.4, -0.2) is 31.4 Å². The van der Waals surface area contributed by atoms with Crippen LogP contribution in [0.5, 0.6) is 0 Å². The molecule has 0 aliphatic heterocycles. The molecule has 0 saturated carbocycles. The van der Waals surface area contributed by atoms with Gasteiger partial charge in [0.1, 0.15) is 0 Å². The Morgan fingerprint density at radius 2 is 1.92 bits per heavy atom. The second-order valence-electron chi connectivity index (χ2n) is 2.38. The van der Waals surface area contributed by atoms with Crippen LogP contribution < -0.4 is 10.6 Å². The van der Waals surface area contributed by atoms with Crippen LogP contribution in [0.3, 0.4) is 0 Å². The van der Waals surface area contributed by atoms with E-state index in [0.717, 1.165) is 31.2 Å². The molecular formula is C8H18N2OS. The van der Waals surface area contributed by atoms with Gasteiger partial charge in [-0.15, -0.1) is 0 Å². The maximum Gasteiger partial charge on any atom is 0.166 e. The Bertz CT molecular complexity index is 120. The number of ether oxygens (including phenoxy) is 1. The Labute approximate surface area is 79.9 Å². The molecule has 12 heavy (non-hydrogen) atoms. The molecule has 0 aromatic heterocycles. The summed E-state index contributed by atoms with van der Waals surface area (Å²) in [6.45, 7) is 7.27. The third-order valence-corrected chi connectivity index (χ3v) is 1.56. The zero-order valence-electron chi connectivity index (χ0n) is 7.85. The summed E-state index contributed by atoms with van der Waals surface area (Å²) in [5.41, 5.74) is 0. The van der Waals surface area contributed by atoms with Crippen molar-refractivity contribution < 1.29 is 4.74 Å². The molecule has 2 N–H and O–H groups in total. The summed E-state index contributed by atoms with van der Waals surface area (Å²) >= 11 is 4.99. The molecule has 0 fully saturated rings. The Hall–Kier alpha value is -0.350. The van der Waals surface area contributed by atoms with Crippen LogP contribution in [0.15, 0.2) is 0 Å². The lowest BCUT2D eigenvalue weighted by Crippen LogP contribution is -2.37. The van der Waals surface area contributed by atoms with E-state index in [4.69, 9.17) is 17.0 Å². The molecule has 0 rings (SSSR count). The number of nitrogens with one attached hydrogen (secondary N) is 2. The molecular weight excluding hydrogens is 172 g/mol. The fourth-order valence-corrected chi connectivity index (χ4v) is 0.886. The van der Waals surface area contributed by atoms with Crippen LogP contribution in [-0.2, 0) is 4.74 Å². The van der Waals surface area contributed by atoms with E-state index in [0.29, 0.717) is 6.61 Å². The maximum absolute atomic E-state index is 5.14. The van der Waals surface area contributed by atoms with Crippen molar-refractivity contribution in [1.82, 2.24) is 10.6 Å². The second kappa shape index (κ2) is 8.74. The first kappa shape index (κ1) is 11.6. The molecule has 0 aromatic carbocycles. The molecule has 0 bridgehead atoms. The van der Waals surface area contributed by atoms with Gasteiger partial charge < -0.3 is 15.4 Å². The number of hydrogen-bond donors (Lipinski definition) is 2. The Morgan fingerprint density at radius 1 is 1.25 bits per heavy atom. The van der Waals surface area contributed by atoms with Gasteiger partial charge in [-0.2, -0.15) is 0 Å². The van der Waals surface area contributed by atoms with Crippen molar-refractivity contribution >= 4 is 17.3 Å². The van der Waals surface area contributed by atoms with Gasteiger partial charge in [0, 0.05) is 19.7 Å². The van der Waals surface area contributed by atoms with Crippen LogP contribution >= 0.6 is 12.2 Å². The van der Waals surface area contributed by atoms with Gasteiger partial charge in [-0.05, 0) is 25.6 Å². The largest absolute Gasteiger partial charge is 0.380 e. The first-order valence-electron chi connectivity index (χ1n) is 4.40. The van der Waals surface area contributed by atoms with Crippen molar-refractivity contribution in [2.75, 3.05) is 26.3 Å². The molecule has 0 aliphatic rings. The standard InChI is InChI=1S/C8H18N2OS/c1-3-5-9-8(12)10-6-7-11-4-2/h3-7H2,1-2H3,(H2,9,10,12). The molecule has 0 radical (unpaired) electrons. The molecule has 0 aliphatic carbocycles. The number of rotatable bonds is 6. The summed E-state index contributed by atoms with van der Waals surface area (Å²) in [6, 6.07) is 0. The van der Waals surface area contributed by atoms with Gasteiger partial charge in [-0.1, -0.05) is 6.92 Å². The van der Waals surface area contributed by atoms with Crippen molar-refractivity contribution in [3.05, 3.63) is 0 Å². The molecule has 0 heterocycles. The van der Waals surface area contributed by atoms with Crippen LogP contribution in [0.25, 0.3) is 0 Å². The normalized spacial score (nSPS) is 9.50. The van der Waals surface area contributed by atoms with Gasteiger partial charge in [0.05, 0.1) is 6.61 Å². The average molecular weight is 190 g/mol. The predicted octanol–water partition coefficient (Wildman–Crippen LogP) is 0.897. The lowest BCUT2D eigenvalue weighted by Gasteiger charge is -2.08. The van der Waals surface area contributed by atoms with E-state index in [2.05, 4.69) is 17.6 Å². The van der Waals surface area contributed by atoms with E-state index in [9.17, 15) is 0 Å². The summed E-state index contributed by atoms with van der Waals surface area (Å²) in [5, 5.41) is 6.84. The van der Waals surface area contributed by atoms with Crippen LogP contribution in [0, 0.1) is 0 Å². The fraction of sp³-hybridized carbons (Fsp3) is 0.875. The minimum absolute atomic E-state index is 0.713. The van der Waals surface area contributed by atoms with E-state index in [1.165, 1.54) is 0 Å². The summed E-state index contributed by atoms with van der Waals surface area (Å²) in [7, 11) is 0. The molecule has 0 unspecified atom stereocenters. The smallest absolute Gasteiger partial charge is 0.166 e. The highest BCUT2D eigenvalue weighted by Crippen LogP contribution is 1.73. The minimum Gasteiger partial charge on any atom is -0.380 e. The SMILES string of the molecule is CCCNC(=S)NCCOCC. The zero-order chi connectivity index (χ0) is 9.23. The van der Waals surface area contributed by atoms with Crippen molar-refractivity contribution in [2.45, 2.75) is 20.3 Å². The highest BCUT2D eigenvalue weighted by atomic mass is 32.1. The quantitative estimate of drug-likeness (QED) is 0.481. The molecule has 72 valence electrons. The van der Waals surface area contributed by atoms with Crippen molar-refractivity contribution in [3.8, 4) is 0 Å². The van der Waals surface area contributed by atoms with E-state index in [-0.39, 0.29) is 0 Å². The first-order valence-corrected chi connectivity index (χ1v) is 4.81. The lowest BCUT2D eigenvalue weighted by atomic mass is 10.5. The summed E-state index contributed by atoms with van der Waals surface area (Å²) in [4.78, 5) is 0. The third-order valence-electron chi connectivity index (χ3n) is 1.27. The van der Waals surface area contributed by atoms with E-state index >= 15 is 0 Å². The van der Waals surface area contributed by atoms with E-state index in [1.807, 2.05) is 6.92 Å². The van der Waals surface area contributed by atoms with Crippen LogP contribution in [0.2, 0.25) is 0 Å². The van der Waals surface area contributed by atoms with Gasteiger partial charge in [0.25, 0.3) is 0 Å². The second-order valence-corrected chi connectivity index (χ2v) is 2.79. The summed E-state index contributed by atoms with van der Waals surface area (Å²) in [6.07, 6.45) is 1.09. The molecule has 0 spiro atoms. The van der Waals surface area contributed by atoms with Gasteiger partial charge in [0.2, 0.25) is 0 Å². The molecule has 4 heteroatoms. The van der Waals surface area contributed by atoms with Gasteiger partial charge in [-0.25, -0.2) is 0 Å². The Morgan fingerprint density at radius 3 is 2.50 bits per heavy atom. The minimum atomic E-state index is 0.713. The zero-order valence-corrected chi connectivity index (χ0v) is 8.67. The maximum atomic E-state index is 5.14. The van der Waals surface area contributed by atoms with E-state index in [1.54, 1.807) is 0 Å². The van der Waals surface area contributed by atoms with Crippen molar-refractivity contribution in [2.24, 2.45) is 0 Å². The summed E-state index contributed by atoms with van der Waals surface area (Å²) in [5.74, 6) is 0. The topological polar surface area (TPSA) is 33.3 Å². The average Bonchev–Trinajstić information content (AvgIpc) is 2.09. The number of hydrogen-bond acceptors (Lipinski definition) is 2. The molecule has 0 aromatic rings. The lowest BCUT2D eigenvalue weighted by molar-refractivity contribution is 0.152. The van der Waals surface area contributed by atoms with E-state index < -0.39 is 0 Å². The highest BCUT2D eigenvalue weighted by molar-refractivity contribution is 7.80. The first-order chi connectivity index (χ1) is 5.81. The summed E-state index contributed by atoms with van der Waals surface area (Å²) < 4.78 is 5.14. The van der Waals surface area contributed by atoms with Crippen molar-refractivity contribution in [3.63, 3.8) is 0 Å². The molecule has 0 amide bonds. The van der Waals surface area contributed by atoms with Crippen LogP contribution in [0.1, 0.15) is 20.3 Å². The molecule has 3 nitrogen and oxygen atoms in total. The van der Waals surface area contributed by atoms with Crippen molar-refractivity contribution in [1.29, 1.82) is 0 Å². The van der Waals surface area contributed by atoms with Gasteiger partial charge in [-0.3, -0.25) is 0 Å². The molecule has 0 saturated heterocycles. The molecule has 0 atom stereocenters. The number of thiocarbonyl (C=S) groups is 1. The predicted molar refractivity (Wildman–Crippen MR) is 55.4 cm³/mol. The fourth-order valence-electron chi connectivity index (χ4n) is 0.682. The monoisotopic (exact) mass is 190 g/mol. The highest BCUT2D eigenvalue weighted by Gasteiger charge is 1.91. The third kappa shape index (κ3) is 7.75. The van der Waals surface area contributed by atoms with Gasteiger partial charge >= 0.3 is 0 Å². The van der Waals surface area contributed by atoms with Crippen LogP contribution in [0.4, 0.5) is 0 Å².